The number of nitrogens with zero attached hydrogens (tertiary/aromatic N) is 3. The van der Waals surface area contributed by atoms with Crippen molar-refractivity contribution in [1.29, 1.82) is 10.7 Å². The van der Waals surface area contributed by atoms with Crippen molar-refractivity contribution in [2.75, 3.05) is 5.32 Å². The highest BCUT2D eigenvalue weighted by Gasteiger charge is 2.26. The van der Waals surface area contributed by atoms with Gasteiger partial charge >= 0.3 is 0 Å². The molecule has 1 aromatic heterocycles. The standard InChI is InChI=1S/C28H20N6O2S/c29-15-17-10-11-20(22(14-17)19-12-13-37-16-19)25(30)36-28(31)34-26-27(35)32-23-9-5-4-8-21(23)24(33-26)18-6-2-1-3-7-18/h1-14,16,26,30H,(H2,31,34)(H,32,35). The predicted octanol–water partition coefficient (Wildman–Crippen LogP) is 4.76. The number of aliphatic imine (C=N–C) groups is 2. The summed E-state index contributed by atoms with van der Waals surface area (Å²) in [5.41, 5.74) is 11.2. The van der Waals surface area contributed by atoms with Gasteiger partial charge in [-0.25, -0.2) is 4.99 Å². The van der Waals surface area contributed by atoms with Crippen LogP contribution in [0.5, 0.6) is 0 Å². The smallest absolute Gasteiger partial charge is 0.291 e. The number of fused-ring (bicyclic) bond motifs is 1. The van der Waals surface area contributed by atoms with Crippen molar-refractivity contribution in [3.8, 4) is 17.2 Å². The van der Waals surface area contributed by atoms with Crippen LogP contribution in [0.2, 0.25) is 0 Å². The van der Waals surface area contributed by atoms with Gasteiger partial charge in [0, 0.05) is 16.7 Å². The first kappa shape index (κ1) is 23.7. The van der Waals surface area contributed by atoms with Gasteiger partial charge in [0.25, 0.3) is 11.9 Å². The molecule has 2 heterocycles. The van der Waals surface area contributed by atoms with Crippen LogP contribution < -0.4 is 11.1 Å². The molecular weight excluding hydrogens is 484 g/mol. The SMILES string of the molecule is N#Cc1ccc(C(=N)OC(N)=NC2N=C(c3ccccc3)c3ccccc3NC2=O)c(-c2ccsc2)c1. The van der Waals surface area contributed by atoms with E-state index in [1.54, 1.807) is 24.3 Å². The Morgan fingerprint density at radius 3 is 2.59 bits per heavy atom. The maximum Gasteiger partial charge on any atom is 0.291 e. The fourth-order valence-corrected chi connectivity index (χ4v) is 4.59. The van der Waals surface area contributed by atoms with Gasteiger partial charge in [-0.3, -0.25) is 10.2 Å². The predicted molar refractivity (Wildman–Crippen MR) is 145 cm³/mol. The molecule has 5 rings (SSSR count). The zero-order chi connectivity index (χ0) is 25.8. The minimum Gasteiger partial charge on any atom is -0.407 e. The second-order valence-electron chi connectivity index (χ2n) is 8.03. The number of carbonyl (C=O) groups excluding carboxylic acids is 1. The number of nitrogens with two attached hydrogens (primary N) is 1. The quantitative estimate of drug-likeness (QED) is 0.273. The molecule has 9 heteroatoms. The Morgan fingerprint density at radius 2 is 1.84 bits per heavy atom. The highest BCUT2D eigenvalue weighted by molar-refractivity contribution is 7.08. The Hall–Kier alpha value is -5.07. The third-order valence-corrected chi connectivity index (χ3v) is 6.34. The number of amides is 1. The summed E-state index contributed by atoms with van der Waals surface area (Å²) >= 11 is 1.50. The van der Waals surface area contributed by atoms with Crippen molar-refractivity contribution in [3.05, 3.63) is 112 Å². The van der Waals surface area contributed by atoms with Gasteiger partial charge < -0.3 is 15.8 Å². The van der Waals surface area contributed by atoms with Gasteiger partial charge in [-0.15, -0.1) is 0 Å². The van der Waals surface area contributed by atoms with Crippen LogP contribution in [0.15, 0.2) is 99.6 Å². The molecule has 4 aromatic rings. The number of amidine groups is 1. The molecular formula is C28H20N6O2S. The van der Waals surface area contributed by atoms with Crippen LogP contribution in [-0.2, 0) is 9.53 Å². The number of nitrogens with one attached hydrogen (secondary N) is 2. The molecule has 37 heavy (non-hydrogen) atoms. The van der Waals surface area contributed by atoms with E-state index in [0.717, 1.165) is 16.7 Å². The van der Waals surface area contributed by atoms with E-state index in [-0.39, 0.29) is 11.9 Å². The summed E-state index contributed by atoms with van der Waals surface area (Å²) in [5, 5.41) is 24.5. The van der Waals surface area contributed by atoms with E-state index in [9.17, 15) is 10.1 Å². The van der Waals surface area contributed by atoms with Crippen LogP contribution >= 0.6 is 11.3 Å². The molecule has 0 saturated carbocycles. The van der Waals surface area contributed by atoms with Crippen molar-refractivity contribution in [2.24, 2.45) is 15.7 Å². The zero-order valence-corrected chi connectivity index (χ0v) is 20.2. The average Bonchev–Trinajstić information content (AvgIpc) is 3.42. The van der Waals surface area contributed by atoms with Crippen LogP contribution in [-0.4, -0.2) is 29.7 Å². The largest absolute Gasteiger partial charge is 0.407 e. The molecule has 0 spiro atoms. The molecule has 0 aliphatic carbocycles. The lowest BCUT2D eigenvalue weighted by Gasteiger charge is -2.12. The summed E-state index contributed by atoms with van der Waals surface area (Å²) in [7, 11) is 0. The van der Waals surface area contributed by atoms with Crippen molar-refractivity contribution in [3.63, 3.8) is 0 Å². The molecule has 0 radical (unpaired) electrons. The first-order valence-corrected chi connectivity index (χ1v) is 12.2. The fourth-order valence-electron chi connectivity index (χ4n) is 3.93. The Bertz CT molecular complexity index is 1590. The molecule has 1 amide bonds. The summed E-state index contributed by atoms with van der Waals surface area (Å²) < 4.78 is 5.54. The lowest BCUT2D eigenvalue weighted by Crippen LogP contribution is -2.29. The number of benzene rings is 3. The zero-order valence-electron chi connectivity index (χ0n) is 19.4. The Morgan fingerprint density at radius 1 is 1.05 bits per heavy atom. The Labute approximate surface area is 216 Å². The van der Waals surface area contributed by atoms with Crippen LogP contribution in [0, 0.1) is 16.7 Å². The van der Waals surface area contributed by atoms with E-state index < -0.39 is 12.1 Å². The number of hydrogen-bond donors (Lipinski definition) is 3. The van der Waals surface area contributed by atoms with Gasteiger partial charge in [-0.05, 0) is 52.2 Å². The van der Waals surface area contributed by atoms with Crippen molar-refractivity contribution >= 4 is 40.6 Å². The van der Waals surface area contributed by atoms with E-state index in [2.05, 4.69) is 21.4 Å². The minimum absolute atomic E-state index is 0.267. The number of benzodiazepines with no additional fused rings is 1. The number of carbonyl (C=O) groups is 1. The monoisotopic (exact) mass is 504 g/mol. The molecule has 1 aliphatic heterocycles. The van der Waals surface area contributed by atoms with Gasteiger partial charge in [-0.2, -0.15) is 21.6 Å². The maximum atomic E-state index is 13.0. The Balaban J connectivity index is 1.47. The highest BCUT2D eigenvalue weighted by Crippen LogP contribution is 2.28. The van der Waals surface area contributed by atoms with E-state index in [1.807, 2.05) is 65.4 Å². The fraction of sp³-hybridized carbons (Fsp3) is 0.0357. The topological polar surface area (TPSA) is 137 Å². The molecule has 180 valence electrons. The summed E-state index contributed by atoms with van der Waals surface area (Å²) in [6, 6.07) is 25.4. The number of nitriles is 1. The van der Waals surface area contributed by atoms with E-state index in [1.165, 1.54) is 11.3 Å². The molecule has 4 N–H and O–H groups in total. The van der Waals surface area contributed by atoms with E-state index >= 15 is 0 Å². The van der Waals surface area contributed by atoms with Crippen molar-refractivity contribution in [2.45, 2.75) is 6.17 Å². The number of thiophene rings is 1. The molecule has 0 fully saturated rings. The third kappa shape index (κ3) is 5.00. The van der Waals surface area contributed by atoms with Crippen LogP contribution in [0.4, 0.5) is 5.69 Å². The van der Waals surface area contributed by atoms with Crippen molar-refractivity contribution in [1.82, 2.24) is 0 Å². The summed E-state index contributed by atoms with van der Waals surface area (Å²) in [4.78, 5) is 21.8. The molecule has 8 nitrogen and oxygen atoms in total. The molecule has 3 aromatic carbocycles. The van der Waals surface area contributed by atoms with Gasteiger partial charge in [-0.1, -0.05) is 48.5 Å². The van der Waals surface area contributed by atoms with Crippen LogP contribution in [0.25, 0.3) is 11.1 Å². The summed E-state index contributed by atoms with van der Waals surface area (Å²) in [6.45, 7) is 0. The highest BCUT2D eigenvalue weighted by atomic mass is 32.1. The van der Waals surface area contributed by atoms with Crippen molar-refractivity contribution < 1.29 is 9.53 Å². The van der Waals surface area contributed by atoms with E-state index in [0.29, 0.717) is 28.1 Å². The first-order chi connectivity index (χ1) is 18.0. The summed E-state index contributed by atoms with van der Waals surface area (Å²) in [5.74, 6) is -0.745. The van der Waals surface area contributed by atoms with Gasteiger partial charge in [0.05, 0.1) is 23.0 Å². The molecule has 0 saturated heterocycles. The van der Waals surface area contributed by atoms with Crippen LogP contribution in [0.1, 0.15) is 22.3 Å². The molecule has 1 unspecified atom stereocenters. The van der Waals surface area contributed by atoms with Gasteiger partial charge in [0.1, 0.15) is 0 Å². The lowest BCUT2D eigenvalue weighted by molar-refractivity contribution is -0.117. The minimum atomic E-state index is -1.23. The Kier molecular flexibility index (Phi) is 6.57. The summed E-state index contributed by atoms with van der Waals surface area (Å²) in [6.07, 6.45) is -1.23. The van der Waals surface area contributed by atoms with E-state index in [4.69, 9.17) is 15.9 Å². The maximum absolute atomic E-state index is 13.0. The van der Waals surface area contributed by atoms with Crippen LogP contribution in [0.3, 0.4) is 0 Å². The normalized spacial score (nSPS) is 15.0. The lowest BCUT2D eigenvalue weighted by atomic mass is 9.99. The van der Waals surface area contributed by atoms with Gasteiger partial charge in [0.15, 0.2) is 0 Å². The number of ether oxygens (including phenoxy) is 1. The molecule has 0 bridgehead atoms. The second-order valence-corrected chi connectivity index (χ2v) is 8.81. The number of rotatable bonds is 4. The first-order valence-electron chi connectivity index (χ1n) is 11.2. The number of para-hydroxylation sites is 1. The second kappa shape index (κ2) is 10.3. The molecule has 1 aliphatic rings. The third-order valence-electron chi connectivity index (χ3n) is 5.65. The number of anilines is 1. The number of hydrogen-bond acceptors (Lipinski definition) is 7. The molecule has 1 atom stereocenters. The average molecular weight is 505 g/mol. The van der Waals surface area contributed by atoms with Gasteiger partial charge in [0.2, 0.25) is 12.1 Å².